The maximum Gasteiger partial charge on any atom is 0.301 e. The smallest absolute Gasteiger partial charge is 0.301 e. The van der Waals surface area contributed by atoms with Crippen molar-refractivity contribution in [2.24, 2.45) is 0 Å². The van der Waals surface area contributed by atoms with Gasteiger partial charge in [0, 0.05) is 5.56 Å². The van der Waals surface area contributed by atoms with Gasteiger partial charge in [-0.2, -0.15) is 0 Å². The number of carbonyl (C=O) groups excluding carboxylic acids is 2. The third kappa shape index (κ3) is 5.39. The monoisotopic (exact) mass is 616 g/mol. The normalized spacial score (nSPS) is 17.2. The van der Waals surface area contributed by atoms with Gasteiger partial charge >= 0.3 is 5.91 Å². The van der Waals surface area contributed by atoms with Crippen molar-refractivity contribution in [1.82, 2.24) is 4.98 Å². The van der Waals surface area contributed by atoms with E-state index in [1.54, 1.807) is 36.4 Å². The van der Waals surface area contributed by atoms with Gasteiger partial charge in [-0.1, -0.05) is 30.7 Å². The molecule has 3 heterocycles. The summed E-state index contributed by atoms with van der Waals surface area (Å²) in [6.07, 6.45) is 1.85. The Kier molecular flexibility index (Phi) is 8.30. The van der Waals surface area contributed by atoms with Gasteiger partial charge in [-0.15, -0.1) is 0 Å². The molecule has 0 unspecified atom stereocenters. The molecule has 44 heavy (non-hydrogen) atoms. The molecule has 10 nitrogen and oxygen atoms in total. The predicted octanol–water partition coefficient (Wildman–Crippen LogP) is 6.28. The molecule has 11 heteroatoms. The van der Waals surface area contributed by atoms with Crippen molar-refractivity contribution < 1.29 is 38.4 Å². The first kappa shape index (κ1) is 29.3. The van der Waals surface area contributed by atoms with Crippen LogP contribution < -0.4 is 28.6 Å². The van der Waals surface area contributed by atoms with Crippen LogP contribution in [0, 0.1) is 0 Å². The molecule has 1 atom stereocenters. The first-order valence-corrected chi connectivity index (χ1v) is 15.3. The lowest BCUT2D eigenvalue weighted by molar-refractivity contribution is -0.132. The van der Waals surface area contributed by atoms with Gasteiger partial charge in [0.25, 0.3) is 5.78 Å². The van der Waals surface area contributed by atoms with Crippen LogP contribution in [0.25, 0.3) is 16.0 Å². The lowest BCUT2D eigenvalue weighted by Gasteiger charge is -2.24. The van der Waals surface area contributed by atoms with E-state index in [0.717, 1.165) is 17.5 Å². The summed E-state index contributed by atoms with van der Waals surface area (Å²) in [6, 6.07) is 14.6. The average molecular weight is 617 g/mol. The maximum atomic E-state index is 13.8. The van der Waals surface area contributed by atoms with Crippen molar-refractivity contribution in [1.29, 1.82) is 0 Å². The molecule has 1 aromatic heterocycles. The molecule has 228 valence electrons. The summed E-state index contributed by atoms with van der Waals surface area (Å²) >= 11 is 1.26. The molecule has 4 aromatic rings. The summed E-state index contributed by atoms with van der Waals surface area (Å²) in [5.74, 6) is 0.655. The van der Waals surface area contributed by atoms with Gasteiger partial charge in [0.1, 0.15) is 24.7 Å². The number of Topliss-reactive ketones (excluding diaryl/α,β-unsaturated/α-hetero) is 1. The second kappa shape index (κ2) is 12.5. The van der Waals surface area contributed by atoms with E-state index in [2.05, 4.69) is 6.92 Å². The molecule has 0 aliphatic carbocycles. The molecule has 1 fully saturated rings. The second-order valence-corrected chi connectivity index (χ2v) is 11.2. The van der Waals surface area contributed by atoms with E-state index in [0.29, 0.717) is 77.0 Å². The van der Waals surface area contributed by atoms with Gasteiger partial charge < -0.3 is 28.8 Å². The molecule has 2 aliphatic rings. The molecule has 3 aromatic carbocycles. The van der Waals surface area contributed by atoms with Crippen LogP contribution in [-0.4, -0.2) is 55.3 Å². The largest absolute Gasteiger partial charge is 0.507 e. The van der Waals surface area contributed by atoms with Crippen molar-refractivity contribution in [2.45, 2.75) is 32.7 Å². The van der Waals surface area contributed by atoms with E-state index in [9.17, 15) is 14.7 Å². The molecule has 0 bridgehead atoms. The lowest BCUT2D eigenvalue weighted by Crippen LogP contribution is -2.29. The Morgan fingerprint density at radius 1 is 1.00 bits per heavy atom. The number of fused-ring (bicyclic) bond motifs is 2. The Bertz CT molecular complexity index is 1760. The number of ketones is 1. The number of anilines is 1. The van der Waals surface area contributed by atoms with Crippen LogP contribution in [0.4, 0.5) is 5.13 Å². The number of carbonyl (C=O) groups is 2. The van der Waals surface area contributed by atoms with Crippen molar-refractivity contribution >= 4 is 44.1 Å². The van der Waals surface area contributed by atoms with Crippen LogP contribution in [0.3, 0.4) is 0 Å². The minimum absolute atomic E-state index is 0.0809. The highest BCUT2D eigenvalue weighted by molar-refractivity contribution is 7.22. The van der Waals surface area contributed by atoms with Crippen LogP contribution in [0.5, 0.6) is 28.7 Å². The minimum Gasteiger partial charge on any atom is -0.507 e. The Balaban J connectivity index is 1.50. The van der Waals surface area contributed by atoms with Gasteiger partial charge in [-0.3, -0.25) is 14.5 Å². The predicted molar refractivity (Wildman–Crippen MR) is 166 cm³/mol. The van der Waals surface area contributed by atoms with Gasteiger partial charge in [0.2, 0.25) is 0 Å². The van der Waals surface area contributed by atoms with Crippen LogP contribution in [0.1, 0.15) is 43.9 Å². The number of unbranched alkanes of at least 4 members (excludes halogenated alkanes) is 1. The number of rotatable bonds is 10. The topological polar surface area (TPSA) is 117 Å². The Labute approximate surface area is 258 Å². The lowest BCUT2D eigenvalue weighted by atomic mass is 9.95. The summed E-state index contributed by atoms with van der Waals surface area (Å²) < 4.78 is 29.3. The molecule has 0 saturated carbocycles. The molecule has 6 rings (SSSR count). The van der Waals surface area contributed by atoms with Crippen molar-refractivity contribution in [3.05, 3.63) is 71.3 Å². The Morgan fingerprint density at radius 3 is 2.59 bits per heavy atom. The Morgan fingerprint density at radius 2 is 1.82 bits per heavy atom. The number of amides is 1. The number of hydrogen-bond acceptors (Lipinski definition) is 10. The Hall–Kier alpha value is -4.77. The third-order valence-corrected chi connectivity index (χ3v) is 8.40. The van der Waals surface area contributed by atoms with Gasteiger partial charge in [-0.05, 0) is 67.4 Å². The summed E-state index contributed by atoms with van der Waals surface area (Å²) in [6.45, 7) is 5.77. The van der Waals surface area contributed by atoms with Gasteiger partial charge in [0.05, 0.1) is 42.2 Å². The molecule has 2 aliphatic heterocycles. The zero-order valence-electron chi connectivity index (χ0n) is 24.6. The number of aromatic nitrogens is 1. The average Bonchev–Trinajstić information content (AvgIpc) is 3.58. The maximum absolute atomic E-state index is 13.8. The highest BCUT2D eigenvalue weighted by Gasteiger charge is 2.48. The first-order valence-electron chi connectivity index (χ1n) is 14.5. The molecule has 0 spiro atoms. The highest BCUT2D eigenvalue weighted by Crippen LogP contribution is 2.46. The number of benzene rings is 3. The van der Waals surface area contributed by atoms with Gasteiger partial charge in [-0.25, -0.2) is 4.98 Å². The number of thiazole rings is 1. The molecular formula is C33H32N2O8S. The molecule has 1 amide bonds. The fraction of sp³-hybridized carbons (Fsp3) is 0.303. The summed E-state index contributed by atoms with van der Waals surface area (Å²) in [7, 11) is 1.53. The standard InChI is InChI=1S/C33H32N2O8S/c1-4-6-13-41-23-11-7-19(16-25(23)39-3)29-28(30(36)20-8-12-24-26(17-20)43-15-14-42-24)31(37)32(38)35(29)33-34-22-10-9-21(40-5-2)18-27(22)44-33/h7-12,16-18,29,36H,4-6,13-15H2,1-3H3/b30-28+/t29-/m1/s1. The molecule has 0 radical (unpaired) electrons. The number of aliphatic hydroxyl groups excluding tert-OH is 1. The van der Waals surface area contributed by atoms with Crippen molar-refractivity contribution in [2.75, 3.05) is 38.4 Å². The number of hydrogen-bond donors (Lipinski definition) is 1. The zero-order chi connectivity index (χ0) is 30.8. The van der Waals surface area contributed by atoms with E-state index in [4.69, 9.17) is 28.7 Å². The molecule has 1 saturated heterocycles. The third-order valence-electron chi connectivity index (χ3n) is 7.38. The molecular weight excluding hydrogens is 584 g/mol. The SMILES string of the molecule is CCCCOc1ccc([C@@H]2/C(=C(\O)c3ccc4c(c3)OCCO4)C(=O)C(=O)N2c2nc3ccc(OCC)cc3s2)cc1OC. The summed E-state index contributed by atoms with van der Waals surface area (Å²) in [4.78, 5) is 33.6. The van der Waals surface area contributed by atoms with E-state index < -0.39 is 17.7 Å². The molecule has 1 N–H and O–H groups in total. The fourth-order valence-electron chi connectivity index (χ4n) is 5.24. The quantitative estimate of drug-likeness (QED) is 0.0951. The fourth-order valence-corrected chi connectivity index (χ4v) is 6.26. The first-order chi connectivity index (χ1) is 21.4. The highest BCUT2D eigenvalue weighted by atomic mass is 32.1. The van der Waals surface area contributed by atoms with E-state index in [1.165, 1.54) is 23.3 Å². The van der Waals surface area contributed by atoms with Gasteiger partial charge in [0.15, 0.2) is 28.1 Å². The van der Waals surface area contributed by atoms with Crippen LogP contribution in [0.2, 0.25) is 0 Å². The van der Waals surface area contributed by atoms with Crippen LogP contribution in [-0.2, 0) is 9.59 Å². The zero-order valence-corrected chi connectivity index (χ0v) is 25.4. The number of nitrogens with zero attached hydrogens (tertiary/aromatic N) is 2. The van der Waals surface area contributed by atoms with E-state index in [1.807, 2.05) is 25.1 Å². The summed E-state index contributed by atoms with van der Waals surface area (Å²) in [5, 5.41) is 12.0. The second-order valence-electron chi connectivity index (χ2n) is 10.2. The number of methoxy groups -OCH3 is 1. The van der Waals surface area contributed by atoms with E-state index >= 15 is 0 Å². The van der Waals surface area contributed by atoms with Crippen molar-refractivity contribution in [3.63, 3.8) is 0 Å². The van der Waals surface area contributed by atoms with Crippen LogP contribution in [0.15, 0.2) is 60.2 Å². The summed E-state index contributed by atoms with van der Waals surface area (Å²) in [5.41, 5.74) is 1.42. The van der Waals surface area contributed by atoms with Crippen molar-refractivity contribution in [3.8, 4) is 28.7 Å². The van der Waals surface area contributed by atoms with Crippen LogP contribution >= 0.6 is 11.3 Å². The van der Waals surface area contributed by atoms with E-state index in [-0.39, 0.29) is 11.3 Å². The number of ether oxygens (including phenoxy) is 5. The number of aliphatic hydroxyl groups is 1. The minimum atomic E-state index is -1.01.